The molecular formula is C19H36NO6P. The summed E-state index contributed by atoms with van der Waals surface area (Å²) < 4.78 is 15.3. The number of carbonyl (C=O) groups is 1. The number of rotatable bonds is 16. The highest BCUT2D eigenvalue weighted by Crippen LogP contribution is 2.35. The highest BCUT2D eigenvalue weighted by Gasteiger charge is 2.24. The molecule has 158 valence electrons. The van der Waals surface area contributed by atoms with Crippen LogP contribution >= 0.6 is 7.82 Å². The lowest BCUT2D eigenvalue weighted by atomic mass is 10.1. The summed E-state index contributed by atoms with van der Waals surface area (Å²) >= 11 is 0. The number of hydrogen-bond donors (Lipinski definition) is 4. The number of unbranched alkanes of at least 4 members (excludes halogenated alkanes) is 5. The minimum Gasteiger partial charge on any atom is -0.387 e. The molecular weight excluding hydrogens is 369 g/mol. The van der Waals surface area contributed by atoms with E-state index < -0.39 is 26.6 Å². The van der Waals surface area contributed by atoms with Crippen LogP contribution in [-0.2, 0) is 13.9 Å². The lowest BCUT2D eigenvalue weighted by molar-refractivity contribution is -0.123. The lowest BCUT2D eigenvalue weighted by Crippen LogP contribution is -2.45. The van der Waals surface area contributed by atoms with Gasteiger partial charge in [-0.2, -0.15) is 0 Å². The van der Waals surface area contributed by atoms with Gasteiger partial charge in [-0.25, -0.2) is 4.57 Å². The Kier molecular flexibility index (Phi) is 15.4. The van der Waals surface area contributed by atoms with Crippen LogP contribution in [0.25, 0.3) is 0 Å². The summed E-state index contributed by atoms with van der Waals surface area (Å²) in [5.41, 5.74) is 0. The van der Waals surface area contributed by atoms with Crippen LogP contribution in [0.4, 0.5) is 0 Å². The predicted molar refractivity (Wildman–Crippen MR) is 107 cm³/mol. The Morgan fingerprint density at radius 3 is 2.30 bits per heavy atom. The summed E-state index contributed by atoms with van der Waals surface area (Å²) in [5.74, 6) is -0.260. The number of phosphoric ester groups is 1. The van der Waals surface area contributed by atoms with Gasteiger partial charge in [0.05, 0.1) is 18.8 Å². The van der Waals surface area contributed by atoms with Crippen molar-refractivity contribution in [2.24, 2.45) is 0 Å². The molecule has 27 heavy (non-hydrogen) atoms. The summed E-state index contributed by atoms with van der Waals surface area (Å²) in [6.45, 7) is 3.54. The molecule has 0 spiro atoms. The van der Waals surface area contributed by atoms with Crippen LogP contribution < -0.4 is 5.32 Å². The zero-order chi connectivity index (χ0) is 20.5. The van der Waals surface area contributed by atoms with Crippen molar-refractivity contribution >= 4 is 13.7 Å². The minimum atomic E-state index is -4.66. The highest BCUT2D eigenvalue weighted by molar-refractivity contribution is 7.46. The molecule has 0 aromatic carbocycles. The number of phosphoric acid groups is 1. The first-order valence-corrected chi connectivity index (χ1v) is 11.3. The van der Waals surface area contributed by atoms with Crippen molar-refractivity contribution in [3.63, 3.8) is 0 Å². The van der Waals surface area contributed by atoms with E-state index in [2.05, 4.69) is 28.9 Å². The molecule has 0 bridgehead atoms. The molecule has 0 aromatic heterocycles. The number of hydrogen-bond acceptors (Lipinski definition) is 4. The van der Waals surface area contributed by atoms with E-state index in [1.807, 2.05) is 6.92 Å². The fraction of sp³-hybridized carbons (Fsp3) is 0.737. The van der Waals surface area contributed by atoms with Crippen LogP contribution in [0, 0.1) is 0 Å². The first-order valence-electron chi connectivity index (χ1n) is 9.79. The minimum absolute atomic E-state index is 0.260. The third-order valence-electron chi connectivity index (χ3n) is 3.93. The SMILES string of the molecule is CC/C=C/CCCCCCCC(=O)N[C@@H](COP(=O)(O)O)[C@H](O)/C=C/CC. The maximum atomic E-state index is 12.1. The average Bonchev–Trinajstić information content (AvgIpc) is 2.61. The lowest BCUT2D eigenvalue weighted by Gasteiger charge is -2.22. The fourth-order valence-corrected chi connectivity index (χ4v) is 2.81. The summed E-state index contributed by atoms with van der Waals surface area (Å²) in [4.78, 5) is 29.7. The zero-order valence-corrected chi connectivity index (χ0v) is 17.4. The van der Waals surface area contributed by atoms with E-state index in [4.69, 9.17) is 9.79 Å². The molecule has 0 aliphatic carbocycles. The van der Waals surface area contributed by atoms with Crippen molar-refractivity contribution in [1.82, 2.24) is 5.32 Å². The number of nitrogens with one attached hydrogen (secondary N) is 1. The first kappa shape index (κ1) is 26.0. The number of amides is 1. The number of aliphatic hydroxyl groups is 1. The monoisotopic (exact) mass is 405 g/mol. The standard InChI is InChI=1S/C19H36NO6P/c1-3-5-7-8-9-10-11-12-13-15-19(22)20-17(16-26-27(23,24)25)18(21)14-6-4-2/h5-7,14,17-18,21H,3-4,8-13,15-16H2,1-2H3,(H,20,22)(H2,23,24,25)/b7-5+,14-6+/t17-,18+/m0/s1. The van der Waals surface area contributed by atoms with Gasteiger partial charge in [0.1, 0.15) is 0 Å². The van der Waals surface area contributed by atoms with E-state index in [9.17, 15) is 14.5 Å². The normalized spacial score (nSPS) is 14.7. The second-order valence-corrected chi connectivity index (χ2v) is 7.71. The van der Waals surface area contributed by atoms with Gasteiger partial charge in [-0.3, -0.25) is 9.32 Å². The van der Waals surface area contributed by atoms with E-state index in [0.29, 0.717) is 12.8 Å². The number of carbonyl (C=O) groups excluding carboxylic acids is 1. The highest BCUT2D eigenvalue weighted by atomic mass is 31.2. The molecule has 0 rings (SSSR count). The Labute approximate surface area is 163 Å². The summed E-state index contributed by atoms with van der Waals surface area (Å²) in [7, 11) is -4.66. The molecule has 0 heterocycles. The van der Waals surface area contributed by atoms with Gasteiger partial charge in [0.25, 0.3) is 0 Å². The predicted octanol–water partition coefficient (Wildman–Crippen LogP) is 3.60. The second-order valence-electron chi connectivity index (χ2n) is 6.47. The largest absolute Gasteiger partial charge is 0.469 e. The fourth-order valence-electron chi connectivity index (χ4n) is 2.45. The molecule has 0 unspecified atom stereocenters. The molecule has 0 aliphatic rings. The Morgan fingerprint density at radius 1 is 1.04 bits per heavy atom. The van der Waals surface area contributed by atoms with Gasteiger partial charge in [0, 0.05) is 6.42 Å². The van der Waals surface area contributed by atoms with Gasteiger partial charge in [0.15, 0.2) is 0 Å². The molecule has 0 fully saturated rings. The van der Waals surface area contributed by atoms with Crippen molar-refractivity contribution < 1.29 is 28.8 Å². The van der Waals surface area contributed by atoms with Crippen LogP contribution in [0.5, 0.6) is 0 Å². The Hall–Kier alpha value is -0.980. The third kappa shape index (κ3) is 16.9. The van der Waals surface area contributed by atoms with Gasteiger partial charge < -0.3 is 20.2 Å². The zero-order valence-electron chi connectivity index (χ0n) is 16.5. The quantitative estimate of drug-likeness (QED) is 0.177. The van der Waals surface area contributed by atoms with Crippen LogP contribution in [-0.4, -0.2) is 39.6 Å². The summed E-state index contributed by atoms with van der Waals surface area (Å²) in [6.07, 6.45) is 14.7. The van der Waals surface area contributed by atoms with Crippen molar-refractivity contribution in [1.29, 1.82) is 0 Å². The van der Waals surface area contributed by atoms with E-state index in [1.165, 1.54) is 6.08 Å². The number of allylic oxidation sites excluding steroid dienone is 3. The Morgan fingerprint density at radius 2 is 1.67 bits per heavy atom. The van der Waals surface area contributed by atoms with Crippen LogP contribution in [0.15, 0.2) is 24.3 Å². The van der Waals surface area contributed by atoms with Crippen LogP contribution in [0.3, 0.4) is 0 Å². The van der Waals surface area contributed by atoms with Gasteiger partial charge >= 0.3 is 7.82 Å². The molecule has 2 atom stereocenters. The molecule has 0 saturated heterocycles. The maximum absolute atomic E-state index is 12.1. The van der Waals surface area contributed by atoms with E-state index in [0.717, 1.165) is 44.9 Å². The first-order chi connectivity index (χ1) is 12.8. The molecule has 8 heteroatoms. The van der Waals surface area contributed by atoms with Crippen molar-refractivity contribution in [3.8, 4) is 0 Å². The summed E-state index contributed by atoms with van der Waals surface area (Å²) in [6, 6.07) is -0.904. The van der Waals surface area contributed by atoms with Crippen LogP contribution in [0.1, 0.15) is 71.6 Å². The van der Waals surface area contributed by atoms with Gasteiger partial charge in [-0.05, 0) is 32.1 Å². The third-order valence-corrected chi connectivity index (χ3v) is 4.41. The van der Waals surface area contributed by atoms with Gasteiger partial charge in [-0.1, -0.05) is 57.4 Å². The van der Waals surface area contributed by atoms with E-state index in [-0.39, 0.29) is 5.91 Å². The summed E-state index contributed by atoms with van der Waals surface area (Å²) in [5, 5.41) is 12.7. The molecule has 0 saturated carbocycles. The molecule has 7 nitrogen and oxygen atoms in total. The van der Waals surface area contributed by atoms with Gasteiger partial charge in [-0.15, -0.1) is 0 Å². The maximum Gasteiger partial charge on any atom is 0.469 e. The van der Waals surface area contributed by atoms with E-state index >= 15 is 0 Å². The number of aliphatic hydroxyl groups excluding tert-OH is 1. The van der Waals surface area contributed by atoms with Crippen LogP contribution in [0.2, 0.25) is 0 Å². The van der Waals surface area contributed by atoms with Gasteiger partial charge in [0.2, 0.25) is 5.91 Å². The molecule has 1 amide bonds. The smallest absolute Gasteiger partial charge is 0.387 e. The molecule has 0 aliphatic heterocycles. The van der Waals surface area contributed by atoms with Crippen molar-refractivity contribution in [2.45, 2.75) is 83.8 Å². The van der Waals surface area contributed by atoms with E-state index in [1.54, 1.807) is 6.08 Å². The average molecular weight is 405 g/mol. The second kappa shape index (κ2) is 16.0. The molecule has 0 aromatic rings. The molecule has 4 N–H and O–H groups in total. The van der Waals surface area contributed by atoms with Crippen molar-refractivity contribution in [3.05, 3.63) is 24.3 Å². The Bertz CT molecular complexity index is 489. The topological polar surface area (TPSA) is 116 Å². The molecule has 0 radical (unpaired) electrons. The Balaban J connectivity index is 4.17. The van der Waals surface area contributed by atoms with Crippen molar-refractivity contribution in [2.75, 3.05) is 6.61 Å².